The third-order valence-electron chi connectivity index (χ3n) is 2.26. The number of hydrogen-bond acceptors (Lipinski definition) is 1. The number of halogens is 1. The van der Waals surface area contributed by atoms with Crippen molar-refractivity contribution in [3.63, 3.8) is 0 Å². The van der Waals surface area contributed by atoms with Crippen molar-refractivity contribution < 1.29 is 16.9 Å². The standard InChI is InChI=1S/C12H23N2Si.ClH/c1-14(2,11-15(3,4)5)10-12-6-8-13-9-7-12;/h6-9H,10-11H2,1-5H3;1H/q+1;/p-1. The second kappa shape index (κ2) is 5.80. The highest BCUT2D eigenvalue weighted by atomic mass is 35.5. The summed E-state index contributed by atoms with van der Waals surface area (Å²) in [6.07, 6.45) is 5.07. The Labute approximate surface area is 107 Å². The minimum atomic E-state index is -0.990. The van der Waals surface area contributed by atoms with E-state index in [0.717, 1.165) is 11.0 Å². The molecule has 0 aliphatic carbocycles. The van der Waals surface area contributed by atoms with Crippen LogP contribution in [0, 0.1) is 0 Å². The Hall–Kier alpha value is -0.383. The molecule has 0 N–H and O–H groups in total. The molecule has 1 aromatic rings. The van der Waals surface area contributed by atoms with Crippen LogP contribution in [0.5, 0.6) is 0 Å². The SMILES string of the molecule is C[N+](C)(Cc1ccncc1)C[Si](C)(C)C.[Cl-]. The van der Waals surface area contributed by atoms with Gasteiger partial charge in [-0.1, -0.05) is 19.6 Å². The molecule has 0 aliphatic heterocycles. The van der Waals surface area contributed by atoms with Crippen LogP contribution in [0.15, 0.2) is 24.5 Å². The quantitative estimate of drug-likeness (QED) is 0.526. The van der Waals surface area contributed by atoms with Gasteiger partial charge in [0.05, 0.1) is 20.3 Å². The maximum absolute atomic E-state index is 4.05. The summed E-state index contributed by atoms with van der Waals surface area (Å²) in [5, 5.41) is 0. The lowest BCUT2D eigenvalue weighted by molar-refractivity contribution is -0.894. The Morgan fingerprint density at radius 3 is 2.06 bits per heavy atom. The van der Waals surface area contributed by atoms with Crippen LogP contribution in [-0.4, -0.2) is 37.8 Å². The smallest absolute Gasteiger partial charge is 0.110 e. The summed E-state index contributed by atoms with van der Waals surface area (Å²) >= 11 is 0. The number of quaternary nitrogens is 1. The van der Waals surface area contributed by atoms with E-state index in [-0.39, 0.29) is 12.4 Å². The number of hydrogen-bond donors (Lipinski definition) is 0. The van der Waals surface area contributed by atoms with Crippen LogP contribution in [0.2, 0.25) is 19.6 Å². The number of nitrogens with zero attached hydrogens (tertiary/aromatic N) is 2. The highest BCUT2D eigenvalue weighted by Crippen LogP contribution is 2.13. The van der Waals surface area contributed by atoms with Gasteiger partial charge in [0.2, 0.25) is 0 Å². The van der Waals surface area contributed by atoms with Crippen LogP contribution in [0.1, 0.15) is 5.56 Å². The average molecular weight is 259 g/mol. The minimum Gasteiger partial charge on any atom is -1.00 e. The molecular weight excluding hydrogens is 236 g/mol. The molecule has 0 saturated carbocycles. The van der Waals surface area contributed by atoms with Crippen molar-refractivity contribution in [2.24, 2.45) is 0 Å². The second-order valence-electron chi connectivity index (χ2n) is 6.17. The fourth-order valence-corrected chi connectivity index (χ4v) is 5.00. The van der Waals surface area contributed by atoms with Crippen LogP contribution in [-0.2, 0) is 6.54 Å². The van der Waals surface area contributed by atoms with Gasteiger partial charge in [0.15, 0.2) is 0 Å². The molecule has 0 unspecified atom stereocenters. The van der Waals surface area contributed by atoms with Crippen LogP contribution < -0.4 is 12.4 Å². The first kappa shape index (κ1) is 15.6. The maximum Gasteiger partial charge on any atom is 0.110 e. The average Bonchev–Trinajstić information content (AvgIpc) is 1.99. The first-order valence-corrected chi connectivity index (χ1v) is 9.20. The fourth-order valence-electron chi connectivity index (χ4n) is 2.32. The molecule has 92 valence electrons. The summed E-state index contributed by atoms with van der Waals surface area (Å²) < 4.78 is 1.08. The van der Waals surface area contributed by atoms with Gasteiger partial charge in [0, 0.05) is 18.0 Å². The van der Waals surface area contributed by atoms with E-state index < -0.39 is 8.07 Å². The van der Waals surface area contributed by atoms with Crippen molar-refractivity contribution in [3.05, 3.63) is 30.1 Å². The molecule has 0 radical (unpaired) electrons. The van der Waals surface area contributed by atoms with E-state index in [0.29, 0.717) is 0 Å². The lowest BCUT2D eigenvalue weighted by atomic mass is 10.2. The Bertz CT molecular complexity index is 307. The predicted octanol–water partition coefficient (Wildman–Crippen LogP) is -0.461. The van der Waals surface area contributed by atoms with E-state index >= 15 is 0 Å². The second-order valence-corrected chi connectivity index (χ2v) is 11.6. The molecule has 0 atom stereocenters. The van der Waals surface area contributed by atoms with Crippen molar-refractivity contribution in [1.29, 1.82) is 0 Å². The summed E-state index contributed by atoms with van der Waals surface area (Å²) in [5.41, 5.74) is 1.38. The van der Waals surface area contributed by atoms with Crippen LogP contribution in [0.25, 0.3) is 0 Å². The summed E-state index contributed by atoms with van der Waals surface area (Å²) in [5.74, 6) is 0. The van der Waals surface area contributed by atoms with Gasteiger partial charge in [0.25, 0.3) is 0 Å². The van der Waals surface area contributed by atoms with Gasteiger partial charge >= 0.3 is 0 Å². The van der Waals surface area contributed by atoms with E-state index in [2.05, 4.69) is 50.9 Å². The van der Waals surface area contributed by atoms with Gasteiger partial charge in [-0.25, -0.2) is 0 Å². The molecule has 0 aromatic carbocycles. The highest BCUT2D eigenvalue weighted by molar-refractivity contribution is 6.75. The molecule has 0 saturated heterocycles. The first-order chi connectivity index (χ1) is 6.79. The molecule has 0 amide bonds. The largest absolute Gasteiger partial charge is 1.00 e. The lowest BCUT2D eigenvalue weighted by Gasteiger charge is -2.35. The van der Waals surface area contributed by atoms with Gasteiger partial charge in [-0.2, -0.15) is 0 Å². The van der Waals surface area contributed by atoms with Crippen molar-refractivity contribution in [1.82, 2.24) is 4.98 Å². The molecular formula is C12H23ClN2Si. The molecule has 4 heteroatoms. The monoisotopic (exact) mass is 258 g/mol. The summed E-state index contributed by atoms with van der Waals surface area (Å²) in [6.45, 7) is 8.39. The Morgan fingerprint density at radius 2 is 1.62 bits per heavy atom. The van der Waals surface area contributed by atoms with Crippen molar-refractivity contribution in [2.75, 3.05) is 20.3 Å². The Kier molecular flexibility index (Phi) is 5.66. The topological polar surface area (TPSA) is 12.9 Å². The van der Waals surface area contributed by atoms with E-state index in [1.807, 2.05) is 12.4 Å². The maximum atomic E-state index is 4.05. The zero-order chi connectivity index (χ0) is 11.5. The highest BCUT2D eigenvalue weighted by Gasteiger charge is 2.26. The third kappa shape index (κ3) is 6.25. The van der Waals surface area contributed by atoms with Crippen molar-refractivity contribution >= 4 is 8.07 Å². The Morgan fingerprint density at radius 1 is 1.12 bits per heavy atom. The first-order valence-electron chi connectivity index (χ1n) is 5.49. The number of rotatable bonds is 4. The lowest BCUT2D eigenvalue weighted by Crippen LogP contribution is -3.00. The molecule has 2 nitrogen and oxygen atoms in total. The summed E-state index contributed by atoms with van der Waals surface area (Å²) in [6, 6.07) is 4.23. The van der Waals surface area contributed by atoms with Crippen molar-refractivity contribution in [3.8, 4) is 0 Å². The van der Waals surface area contributed by atoms with Crippen molar-refractivity contribution in [2.45, 2.75) is 26.2 Å². The zero-order valence-corrected chi connectivity index (χ0v) is 12.8. The van der Waals surface area contributed by atoms with Gasteiger partial charge in [-0.15, -0.1) is 0 Å². The van der Waals surface area contributed by atoms with Gasteiger partial charge in [-0.05, 0) is 12.1 Å². The Balaban J connectivity index is 0.00000225. The zero-order valence-electron chi connectivity index (χ0n) is 11.0. The molecule has 16 heavy (non-hydrogen) atoms. The van der Waals surface area contributed by atoms with E-state index in [9.17, 15) is 0 Å². The predicted molar refractivity (Wildman–Crippen MR) is 68.3 cm³/mol. The summed E-state index contributed by atoms with van der Waals surface area (Å²) in [4.78, 5) is 4.05. The number of aromatic nitrogens is 1. The fraction of sp³-hybridized carbons (Fsp3) is 0.583. The van der Waals surface area contributed by atoms with Crippen LogP contribution in [0.4, 0.5) is 0 Å². The van der Waals surface area contributed by atoms with Gasteiger partial charge in [-0.3, -0.25) is 4.98 Å². The molecule has 0 bridgehead atoms. The summed E-state index contributed by atoms with van der Waals surface area (Å²) in [7, 11) is 3.65. The minimum absolute atomic E-state index is 0. The van der Waals surface area contributed by atoms with Crippen LogP contribution in [0.3, 0.4) is 0 Å². The van der Waals surface area contributed by atoms with Gasteiger partial charge < -0.3 is 16.9 Å². The molecule has 1 rings (SSSR count). The van der Waals surface area contributed by atoms with E-state index in [1.165, 1.54) is 11.7 Å². The third-order valence-corrected chi connectivity index (χ3v) is 4.07. The molecule has 0 spiro atoms. The molecule has 1 aromatic heterocycles. The molecule has 1 heterocycles. The molecule has 0 aliphatic rings. The normalized spacial score (nSPS) is 12.1. The molecule has 0 fully saturated rings. The van der Waals surface area contributed by atoms with Crippen LogP contribution >= 0.6 is 0 Å². The van der Waals surface area contributed by atoms with Gasteiger partial charge in [0.1, 0.15) is 14.6 Å². The number of pyridine rings is 1. The van der Waals surface area contributed by atoms with E-state index in [1.54, 1.807) is 0 Å². The van der Waals surface area contributed by atoms with E-state index in [4.69, 9.17) is 0 Å².